The van der Waals surface area contributed by atoms with Crippen LogP contribution in [0.4, 0.5) is 5.69 Å². The quantitative estimate of drug-likeness (QED) is 0.197. The second-order valence-electron chi connectivity index (χ2n) is 7.35. The number of unbranched alkanes of at least 4 members (excludes halogenated alkanes) is 10. The van der Waals surface area contributed by atoms with Crippen LogP contribution in [0.25, 0.3) is 0 Å². The van der Waals surface area contributed by atoms with E-state index in [0.717, 1.165) is 12.8 Å². The van der Waals surface area contributed by atoms with E-state index in [-0.39, 0.29) is 71.2 Å². The van der Waals surface area contributed by atoms with Gasteiger partial charge in [0.25, 0.3) is 0 Å². The van der Waals surface area contributed by atoms with E-state index in [0.29, 0.717) is 17.7 Å². The third kappa shape index (κ3) is 19.3. The summed E-state index contributed by atoms with van der Waals surface area (Å²) < 4.78 is 11.0. The fourth-order valence-electron chi connectivity index (χ4n) is 3.10. The largest absolute Gasteiger partial charge is 0.329 e. The van der Waals surface area contributed by atoms with Crippen LogP contribution in [0, 0.1) is 0 Å². The zero-order valence-corrected chi connectivity index (χ0v) is 23.6. The van der Waals surface area contributed by atoms with E-state index in [9.17, 15) is 9.36 Å². The number of benzene rings is 1. The molecular weight excluding hydrogens is 407 g/mol. The predicted octanol–water partition coefficient (Wildman–Crippen LogP) is 5.24. The summed E-state index contributed by atoms with van der Waals surface area (Å²) in [5.41, 5.74) is 1.23. The van der Waals surface area contributed by atoms with Gasteiger partial charge in [0.15, 0.2) is 0 Å². The fourth-order valence-corrected chi connectivity index (χ4v) is 3.79. The first kappa shape index (κ1) is 32.0. The molecule has 0 bridgehead atoms. The van der Waals surface area contributed by atoms with Gasteiger partial charge in [-0.25, -0.2) is 0 Å². The molecule has 1 amide bonds. The minimum Gasteiger partial charge on any atom is -0.326 e. The van der Waals surface area contributed by atoms with Crippen molar-refractivity contribution in [3.8, 4) is 0 Å². The maximum atomic E-state index is 12.0. The topological polar surface area (TPSA) is 86.6 Å². The van der Waals surface area contributed by atoms with Gasteiger partial charge in [-0.1, -0.05) is 83.3 Å². The number of amides is 1. The summed E-state index contributed by atoms with van der Waals surface area (Å²) in [6.07, 6.45) is 14.1. The number of hydrogen-bond acceptors (Lipinski definition) is 2. The molecule has 0 saturated heterocycles. The third-order valence-electron chi connectivity index (χ3n) is 4.63. The number of anilines is 1. The van der Waals surface area contributed by atoms with E-state index in [1.54, 1.807) is 24.3 Å². The average Bonchev–Trinajstić information content (AvgIpc) is 2.60. The Morgan fingerprint density at radius 2 is 1.28 bits per heavy atom. The SMILES string of the molecule is CCCCCCCCCCCCCC(=O)Nc1ccc(CP(=O)(O)O)cc1.[Na].[Na]. The molecule has 0 aliphatic heterocycles. The van der Waals surface area contributed by atoms with Crippen molar-refractivity contribution < 1.29 is 19.1 Å². The first-order valence-electron chi connectivity index (χ1n) is 10.3. The van der Waals surface area contributed by atoms with Crippen molar-refractivity contribution in [2.24, 2.45) is 0 Å². The van der Waals surface area contributed by atoms with E-state index in [1.165, 1.54) is 57.8 Å². The van der Waals surface area contributed by atoms with Gasteiger partial charge >= 0.3 is 7.60 Å². The summed E-state index contributed by atoms with van der Waals surface area (Å²) in [6, 6.07) is 6.64. The predicted molar refractivity (Wildman–Crippen MR) is 123 cm³/mol. The molecule has 1 aromatic carbocycles. The van der Waals surface area contributed by atoms with Gasteiger partial charge in [-0.3, -0.25) is 9.36 Å². The van der Waals surface area contributed by atoms with Gasteiger partial charge in [0.2, 0.25) is 5.91 Å². The molecule has 1 aromatic rings. The molecule has 0 heterocycles. The van der Waals surface area contributed by atoms with E-state index in [1.807, 2.05) is 0 Å². The van der Waals surface area contributed by atoms with Crippen molar-refractivity contribution in [3.63, 3.8) is 0 Å². The molecule has 0 aliphatic carbocycles. The number of rotatable bonds is 15. The zero-order chi connectivity index (χ0) is 20.0. The second kappa shape index (κ2) is 19.5. The molecule has 0 spiro atoms. The molecule has 8 heteroatoms. The monoisotopic (exact) mass is 443 g/mol. The van der Waals surface area contributed by atoms with Crippen LogP contribution in [-0.4, -0.2) is 74.8 Å². The van der Waals surface area contributed by atoms with Crippen LogP contribution in [-0.2, 0) is 15.5 Å². The Bertz CT molecular complexity index is 579. The van der Waals surface area contributed by atoms with Gasteiger partial charge < -0.3 is 15.1 Å². The van der Waals surface area contributed by atoms with E-state index < -0.39 is 7.60 Å². The Hall–Kier alpha value is 0.840. The average molecular weight is 443 g/mol. The minimum atomic E-state index is -4.05. The van der Waals surface area contributed by atoms with Crippen molar-refractivity contribution >= 4 is 78.3 Å². The fraction of sp³-hybridized carbons (Fsp3) is 0.667. The maximum Gasteiger partial charge on any atom is 0.329 e. The van der Waals surface area contributed by atoms with Crippen LogP contribution < -0.4 is 5.32 Å². The Morgan fingerprint density at radius 3 is 1.72 bits per heavy atom. The van der Waals surface area contributed by atoms with Crippen LogP contribution in [0.5, 0.6) is 0 Å². The van der Waals surface area contributed by atoms with E-state index in [4.69, 9.17) is 9.79 Å². The molecule has 0 atom stereocenters. The van der Waals surface area contributed by atoms with Gasteiger partial charge in [-0.15, -0.1) is 0 Å². The Balaban J connectivity index is 0. The van der Waals surface area contributed by atoms with Crippen molar-refractivity contribution in [1.29, 1.82) is 0 Å². The van der Waals surface area contributed by atoms with Crippen LogP contribution in [0.15, 0.2) is 24.3 Å². The Morgan fingerprint density at radius 1 is 0.828 bits per heavy atom. The Labute approximate surface area is 220 Å². The van der Waals surface area contributed by atoms with Gasteiger partial charge in [0.05, 0.1) is 6.16 Å². The van der Waals surface area contributed by atoms with Gasteiger partial charge in [-0.2, -0.15) is 0 Å². The molecule has 0 aliphatic rings. The number of carbonyl (C=O) groups excluding carboxylic acids is 1. The molecule has 0 saturated carbocycles. The molecule has 1 rings (SSSR count). The molecule has 0 fully saturated rings. The minimum absolute atomic E-state index is 0. The Kier molecular flexibility index (Phi) is 21.6. The molecular formula is C21H36NNa2O4P. The summed E-state index contributed by atoms with van der Waals surface area (Å²) in [7, 11) is -4.05. The van der Waals surface area contributed by atoms with Crippen molar-refractivity contribution in [1.82, 2.24) is 0 Å². The molecule has 0 aromatic heterocycles. The zero-order valence-electron chi connectivity index (χ0n) is 18.7. The molecule has 156 valence electrons. The molecule has 0 unspecified atom stereocenters. The van der Waals surface area contributed by atoms with Crippen molar-refractivity contribution in [3.05, 3.63) is 29.8 Å². The van der Waals surface area contributed by atoms with E-state index in [2.05, 4.69) is 12.2 Å². The van der Waals surface area contributed by atoms with Gasteiger partial charge in [0.1, 0.15) is 0 Å². The third-order valence-corrected chi connectivity index (χ3v) is 5.41. The summed E-state index contributed by atoms with van der Waals surface area (Å²) in [5, 5.41) is 2.83. The smallest absolute Gasteiger partial charge is 0.326 e. The maximum absolute atomic E-state index is 12.0. The van der Waals surface area contributed by atoms with Gasteiger partial charge in [0, 0.05) is 71.2 Å². The summed E-state index contributed by atoms with van der Waals surface area (Å²) in [4.78, 5) is 29.9. The van der Waals surface area contributed by atoms with Crippen molar-refractivity contribution in [2.75, 3.05) is 5.32 Å². The summed E-state index contributed by atoms with van der Waals surface area (Å²) in [5.74, 6) is -0.00587. The van der Waals surface area contributed by atoms with Crippen molar-refractivity contribution in [2.45, 2.75) is 90.1 Å². The molecule has 5 nitrogen and oxygen atoms in total. The van der Waals surface area contributed by atoms with E-state index >= 15 is 0 Å². The molecule has 3 N–H and O–H groups in total. The van der Waals surface area contributed by atoms with Crippen LogP contribution in [0.3, 0.4) is 0 Å². The van der Waals surface area contributed by atoms with Gasteiger partial charge in [-0.05, 0) is 24.1 Å². The summed E-state index contributed by atoms with van der Waals surface area (Å²) in [6.45, 7) is 2.24. The summed E-state index contributed by atoms with van der Waals surface area (Å²) >= 11 is 0. The van der Waals surface area contributed by atoms with Crippen LogP contribution >= 0.6 is 7.60 Å². The van der Waals surface area contributed by atoms with Crippen LogP contribution in [0.2, 0.25) is 0 Å². The number of hydrogen-bond donors (Lipinski definition) is 3. The molecule has 2 radical (unpaired) electrons. The normalized spacial score (nSPS) is 10.7. The standard InChI is InChI=1S/C21H36NO4P.2Na/c1-2-3-4-5-6-7-8-9-10-11-12-13-21(23)22-20-16-14-19(15-17-20)18-27(24,25)26;;/h14-17H,2-13,18H2,1H3,(H,22,23)(H2,24,25,26);;. The molecule has 29 heavy (non-hydrogen) atoms. The number of carbonyl (C=O) groups is 1. The first-order chi connectivity index (χ1) is 12.9. The van der Waals surface area contributed by atoms with Crippen LogP contribution in [0.1, 0.15) is 89.5 Å². The number of nitrogens with one attached hydrogen (secondary N) is 1. The first-order valence-corrected chi connectivity index (χ1v) is 12.1. The second-order valence-corrected chi connectivity index (χ2v) is 9.00.